The number of hydrogen-bond acceptors (Lipinski definition) is 3. The maximum atomic E-state index is 12.8. The first kappa shape index (κ1) is 22.3. The molecular weight excluding hydrogens is 384 g/mol. The molecule has 1 fully saturated rings. The lowest BCUT2D eigenvalue weighted by molar-refractivity contribution is -0.131. The van der Waals surface area contributed by atoms with Crippen molar-refractivity contribution < 1.29 is 13.2 Å². The molecule has 0 aromatic heterocycles. The molecule has 0 saturated carbocycles. The van der Waals surface area contributed by atoms with Crippen LogP contribution in [0, 0.1) is 5.92 Å². The van der Waals surface area contributed by atoms with E-state index >= 15 is 0 Å². The number of benzene rings is 1. The highest BCUT2D eigenvalue weighted by atomic mass is 32.2. The average Bonchev–Trinajstić information content (AvgIpc) is 2.95. The predicted molar refractivity (Wildman–Crippen MR) is 117 cm³/mol. The van der Waals surface area contributed by atoms with Gasteiger partial charge in [0.25, 0.3) is 0 Å². The van der Waals surface area contributed by atoms with Crippen molar-refractivity contribution in [2.75, 3.05) is 31.9 Å². The first-order chi connectivity index (χ1) is 13.7. The lowest BCUT2D eigenvalue weighted by atomic mass is 9.73. The van der Waals surface area contributed by atoms with Crippen LogP contribution in [0.5, 0.6) is 0 Å². The lowest BCUT2D eigenvalue weighted by Crippen LogP contribution is -2.45. The highest BCUT2D eigenvalue weighted by Crippen LogP contribution is 2.53. The first-order valence-corrected chi connectivity index (χ1v) is 12.7. The molecule has 162 valence electrons. The van der Waals surface area contributed by atoms with Crippen LogP contribution in [0.15, 0.2) is 24.3 Å². The van der Waals surface area contributed by atoms with Crippen LogP contribution in [0.1, 0.15) is 70.4 Å². The molecule has 0 radical (unpaired) electrons. The Morgan fingerprint density at radius 1 is 1.17 bits per heavy atom. The van der Waals surface area contributed by atoms with Gasteiger partial charge in [-0.25, -0.2) is 12.7 Å². The van der Waals surface area contributed by atoms with Gasteiger partial charge in [0.05, 0.1) is 5.75 Å². The van der Waals surface area contributed by atoms with Crippen LogP contribution in [0.25, 0.3) is 0 Å². The van der Waals surface area contributed by atoms with E-state index in [0.29, 0.717) is 19.5 Å². The Labute approximate surface area is 176 Å². The van der Waals surface area contributed by atoms with Gasteiger partial charge in [-0.1, -0.05) is 38.1 Å². The van der Waals surface area contributed by atoms with Crippen LogP contribution in [0.2, 0.25) is 0 Å². The van der Waals surface area contributed by atoms with Gasteiger partial charge in [0.1, 0.15) is 0 Å². The van der Waals surface area contributed by atoms with E-state index in [2.05, 4.69) is 24.3 Å². The molecule has 0 bridgehead atoms. The zero-order chi connectivity index (χ0) is 21.2. The Morgan fingerprint density at radius 3 is 2.38 bits per heavy atom. The molecule has 2 aliphatic rings. The predicted octanol–water partition coefficient (Wildman–Crippen LogP) is 3.75. The number of piperidine rings is 1. The summed E-state index contributed by atoms with van der Waals surface area (Å²) in [6, 6.07) is 8.52. The molecule has 1 aliphatic heterocycles. The molecule has 5 nitrogen and oxygen atoms in total. The van der Waals surface area contributed by atoms with E-state index in [1.807, 2.05) is 32.6 Å². The first-order valence-electron chi connectivity index (χ1n) is 11.1. The van der Waals surface area contributed by atoms with Gasteiger partial charge in [0.15, 0.2) is 0 Å². The van der Waals surface area contributed by atoms with Crippen molar-refractivity contribution in [1.82, 2.24) is 9.21 Å². The van der Waals surface area contributed by atoms with Gasteiger partial charge >= 0.3 is 0 Å². The summed E-state index contributed by atoms with van der Waals surface area (Å²) >= 11 is 0. The molecule has 1 atom stereocenters. The largest absolute Gasteiger partial charge is 0.343 e. The molecule has 1 aromatic rings. The van der Waals surface area contributed by atoms with E-state index in [-0.39, 0.29) is 28.9 Å². The monoisotopic (exact) mass is 420 g/mol. The summed E-state index contributed by atoms with van der Waals surface area (Å²) in [7, 11) is -3.18. The van der Waals surface area contributed by atoms with E-state index in [1.54, 1.807) is 4.31 Å². The Bertz CT molecular complexity index is 822. The summed E-state index contributed by atoms with van der Waals surface area (Å²) < 4.78 is 27.0. The third-order valence-corrected chi connectivity index (χ3v) is 9.00. The van der Waals surface area contributed by atoms with E-state index < -0.39 is 10.0 Å². The summed E-state index contributed by atoms with van der Waals surface area (Å²) in [4.78, 5) is 14.7. The van der Waals surface area contributed by atoms with Crippen LogP contribution >= 0.6 is 0 Å². The number of nitrogens with zero attached hydrogens (tertiary/aromatic N) is 2. The van der Waals surface area contributed by atoms with Crippen LogP contribution < -0.4 is 0 Å². The van der Waals surface area contributed by atoms with Crippen LogP contribution in [0.3, 0.4) is 0 Å². The standard InChI is InChI=1S/C23H36N2O3S/c1-5-24(6-2)22(26)15-19-16-23(21-10-8-7-9-20(19)21)11-13-25(14-12-23)29(27,28)17-18(3)4/h7-10,18-19H,5-6,11-17H2,1-4H3. The molecule has 1 spiro atoms. The van der Waals surface area contributed by atoms with Gasteiger partial charge in [0, 0.05) is 32.6 Å². The zero-order valence-electron chi connectivity index (χ0n) is 18.4. The second-order valence-electron chi connectivity index (χ2n) is 9.11. The summed E-state index contributed by atoms with van der Waals surface area (Å²) in [5.74, 6) is 0.817. The number of hydrogen-bond donors (Lipinski definition) is 0. The van der Waals surface area contributed by atoms with Crippen molar-refractivity contribution in [3.8, 4) is 0 Å². The molecule has 1 amide bonds. The molecule has 1 heterocycles. The van der Waals surface area contributed by atoms with E-state index in [4.69, 9.17) is 0 Å². The second kappa shape index (κ2) is 8.76. The number of carbonyl (C=O) groups excluding carboxylic acids is 1. The summed E-state index contributed by atoms with van der Waals surface area (Å²) in [6.07, 6.45) is 3.20. The van der Waals surface area contributed by atoms with E-state index in [1.165, 1.54) is 11.1 Å². The highest BCUT2D eigenvalue weighted by molar-refractivity contribution is 7.89. The summed E-state index contributed by atoms with van der Waals surface area (Å²) in [5.41, 5.74) is 2.65. The van der Waals surface area contributed by atoms with Gasteiger partial charge in [0.2, 0.25) is 15.9 Å². The Balaban J connectivity index is 1.77. The number of sulfonamides is 1. The molecule has 1 aromatic carbocycles. The van der Waals surface area contributed by atoms with Crippen molar-refractivity contribution in [2.45, 2.75) is 64.7 Å². The average molecular weight is 421 g/mol. The molecule has 6 heteroatoms. The SMILES string of the molecule is CCN(CC)C(=O)CC1CC2(CCN(S(=O)(=O)CC(C)C)CC2)c2ccccc21. The quantitative estimate of drug-likeness (QED) is 0.675. The minimum Gasteiger partial charge on any atom is -0.343 e. The normalized spacial score (nSPS) is 21.5. The van der Waals surface area contributed by atoms with Crippen LogP contribution in [-0.2, 0) is 20.2 Å². The van der Waals surface area contributed by atoms with Crippen molar-refractivity contribution >= 4 is 15.9 Å². The number of rotatable bonds is 7. The third kappa shape index (κ3) is 4.53. The Kier molecular flexibility index (Phi) is 6.74. The summed E-state index contributed by atoms with van der Waals surface area (Å²) in [6.45, 7) is 10.6. The van der Waals surface area contributed by atoms with Gasteiger partial charge in [-0.3, -0.25) is 4.79 Å². The minimum absolute atomic E-state index is 0.00858. The van der Waals surface area contributed by atoms with Crippen LogP contribution in [-0.4, -0.2) is 55.5 Å². The second-order valence-corrected chi connectivity index (χ2v) is 11.1. The van der Waals surface area contributed by atoms with Crippen LogP contribution in [0.4, 0.5) is 0 Å². The fourth-order valence-corrected chi connectivity index (χ4v) is 7.11. The Hall–Kier alpha value is -1.40. The molecule has 3 rings (SSSR count). The molecule has 1 aliphatic carbocycles. The van der Waals surface area contributed by atoms with Gasteiger partial charge < -0.3 is 4.90 Å². The van der Waals surface area contributed by atoms with E-state index in [0.717, 1.165) is 32.4 Å². The number of amides is 1. The highest BCUT2D eigenvalue weighted by Gasteiger charge is 2.47. The van der Waals surface area contributed by atoms with Crippen molar-refractivity contribution in [3.63, 3.8) is 0 Å². The van der Waals surface area contributed by atoms with Crippen molar-refractivity contribution in [1.29, 1.82) is 0 Å². The molecular formula is C23H36N2O3S. The van der Waals surface area contributed by atoms with Crippen molar-refractivity contribution in [2.24, 2.45) is 5.92 Å². The number of carbonyl (C=O) groups is 1. The summed E-state index contributed by atoms with van der Waals surface area (Å²) in [5, 5.41) is 0. The zero-order valence-corrected chi connectivity index (χ0v) is 19.2. The van der Waals surface area contributed by atoms with E-state index in [9.17, 15) is 13.2 Å². The molecule has 0 N–H and O–H groups in total. The third-order valence-electron chi connectivity index (χ3n) is 6.76. The van der Waals surface area contributed by atoms with Gasteiger partial charge in [-0.15, -0.1) is 0 Å². The van der Waals surface area contributed by atoms with Gasteiger partial charge in [-0.05, 0) is 61.5 Å². The number of fused-ring (bicyclic) bond motifs is 2. The smallest absolute Gasteiger partial charge is 0.223 e. The molecule has 29 heavy (non-hydrogen) atoms. The fourth-order valence-electron chi connectivity index (χ4n) is 5.32. The lowest BCUT2D eigenvalue weighted by Gasteiger charge is -2.40. The maximum absolute atomic E-state index is 12.8. The minimum atomic E-state index is -3.18. The molecule has 1 unspecified atom stereocenters. The topological polar surface area (TPSA) is 57.7 Å². The maximum Gasteiger partial charge on any atom is 0.223 e. The Morgan fingerprint density at radius 2 is 1.79 bits per heavy atom. The van der Waals surface area contributed by atoms with Gasteiger partial charge in [-0.2, -0.15) is 0 Å². The van der Waals surface area contributed by atoms with Crippen molar-refractivity contribution in [3.05, 3.63) is 35.4 Å². The molecule has 1 saturated heterocycles. The fraction of sp³-hybridized carbons (Fsp3) is 0.696.